The minimum absolute atomic E-state index is 0.0775. The van der Waals surface area contributed by atoms with Gasteiger partial charge < -0.3 is 19.5 Å². The number of aromatic amines is 1. The average molecular weight is 381 g/mol. The van der Waals surface area contributed by atoms with E-state index in [1.807, 2.05) is 21.9 Å². The fourth-order valence-electron chi connectivity index (χ4n) is 5.38. The molecule has 6 nitrogen and oxygen atoms in total. The van der Waals surface area contributed by atoms with Crippen LogP contribution in [0.25, 0.3) is 10.9 Å². The van der Waals surface area contributed by atoms with Gasteiger partial charge in [0.05, 0.1) is 13.2 Å². The monoisotopic (exact) mass is 381 g/mol. The number of piperazine rings is 1. The molecule has 6 heteroatoms. The highest BCUT2D eigenvalue weighted by molar-refractivity contribution is 5.99. The van der Waals surface area contributed by atoms with Crippen LogP contribution in [0.15, 0.2) is 18.2 Å². The molecule has 0 unspecified atom stereocenters. The van der Waals surface area contributed by atoms with Crippen LogP contribution in [0.4, 0.5) is 0 Å². The molecule has 0 spiro atoms. The number of carbonyl (C=O) groups is 2. The molecular formula is C22H27N3O3. The summed E-state index contributed by atoms with van der Waals surface area (Å²) in [6.07, 6.45) is 3.15. The summed E-state index contributed by atoms with van der Waals surface area (Å²) in [4.78, 5) is 34.0. The van der Waals surface area contributed by atoms with Gasteiger partial charge in [0.2, 0.25) is 11.8 Å². The third-order valence-corrected chi connectivity index (χ3v) is 6.60. The Hall–Kier alpha value is -2.50. The van der Waals surface area contributed by atoms with Crippen LogP contribution in [-0.4, -0.2) is 52.3 Å². The van der Waals surface area contributed by atoms with Crippen molar-refractivity contribution in [2.24, 2.45) is 5.92 Å². The zero-order valence-corrected chi connectivity index (χ0v) is 16.7. The number of aromatic nitrogens is 1. The minimum Gasteiger partial charge on any atom is -0.497 e. The second-order valence-electron chi connectivity index (χ2n) is 8.73. The van der Waals surface area contributed by atoms with Crippen LogP contribution in [-0.2, 0) is 16.0 Å². The number of carbonyl (C=O) groups excluding carboxylic acids is 2. The summed E-state index contributed by atoms with van der Waals surface area (Å²) < 4.78 is 5.38. The number of nitrogens with zero attached hydrogens (tertiary/aromatic N) is 2. The quantitative estimate of drug-likeness (QED) is 0.889. The van der Waals surface area contributed by atoms with E-state index in [-0.39, 0.29) is 29.9 Å². The van der Waals surface area contributed by atoms with Gasteiger partial charge >= 0.3 is 0 Å². The molecular weight excluding hydrogens is 354 g/mol. The van der Waals surface area contributed by atoms with Crippen molar-refractivity contribution in [3.63, 3.8) is 0 Å². The van der Waals surface area contributed by atoms with Crippen molar-refractivity contribution < 1.29 is 14.3 Å². The Labute approximate surface area is 164 Å². The summed E-state index contributed by atoms with van der Waals surface area (Å²) in [5.74, 6) is 1.48. The smallest absolute Gasteiger partial charge is 0.246 e. The predicted octanol–water partition coefficient (Wildman–Crippen LogP) is 3.02. The SMILES string of the molecule is COc1ccc2c3c([nH]c2c1)[C@H](CC(C)C)N1C(=O)[C@@H]2CCCN2C(=O)[C@@H]1C3. The van der Waals surface area contributed by atoms with Gasteiger partial charge in [-0.25, -0.2) is 0 Å². The van der Waals surface area contributed by atoms with Gasteiger partial charge in [0.15, 0.2) is 0 Å². The number of hydrogen-bond donors (Lipinski definition) is 1. The van der Waals surface area contributed by atoms with Gasteiger partial charge in [-0.15, -0.1) is 0 Å². The van der Waals surface area contributed by atoms with Gasteiger partial charge in [-0.05, 0) is 42.9 Å². The van der Waals surface area contributed by atoms with Crippen LogP contribution in [0.1, 0.15) is 50.4 Å². The molecule has 148 valence electrons. The lowest BCUT2D eigenvalue weighted by Gasteiger charge is -2.48. The molecule has 3 aliphatic rings. The number of methoxy groups -OCH3 is 1. The largest absolute Gasteiger partial charge is 0.497 e. The van der Waals surface area contributed by atoms with Crippen molar-refractivity contribution >= 4 is 22.7 Å². The highest BCUT2D eigenvalue weighted by Gasteiger charge is 2.52. The van der Waals surface area contributed by atoms with Crippen molar-refractivity contribution in [2.75, 3.05) is 13.7 Å². The van der Waals surface area contributed by atoms with Crippen LogP contribution in [0.2, 0.25) is 0 Å². The molecule has 2 saturated heterocycles. The fourth-order valence-corrected chi connectivity index (χ4v) is 5.38. The van der Waals surface area contributed by atoms with E-state index in [0.29, 0.717) is 18.9 Å². The Morgan fingerprint density at radius 3 is 2.79 bits per heavy atom. The van der Waals surface area contributed by atoms with E-state index in [1.54, 1.807) is 7.11 Å². The van der Waals surface area contributed by atoms with Gasteiger partial charge in [-0.3, -0.25) is 9.59 Å². The zero-order chi connectivity index (χ0) is 19.6. The van der Waals surface area contributed by atoms with E-state index in [1.165, 1.54) is 5.56 Å². The van der Waals surface area contributed by atoms with Gasteiger partial charge in [-0.2, -0.15) is 0 Å². The van der Waals surface area contributed by atoms with E-state index < -0.39 is 0 Å². The molecule has 3 atom stereocenters. The molecule has 0 radical (unpaired) electrons. The third kappa shape index (κ3) is 2.39. The maximum atomic E-state index is 13.4. The lowest BCUT2D eigenvalue weighted by atomic mass is 9.85. The second-order valence-corrected chi connectivity index (χ2v) is 8.73. The van der Waals surface area contributed by atoms with E-state index in [0.717, 1.165) is 41.6 Å². The molecule has 2 fully saturated rings. The highest BCUT2D eigenvalue weighted by atomic mass is 16.5. The number of hydrogen-bond acceptors (Lipinski definition) is 3. The number of nitrogens with one attached hydrogen (secondary N) is 1. The molecule has 0 bridgehead atoms. The molecule has 1 aromatic carbocycles. The predicted molar refractivity (Wildman–Crippen MR) is 106 cm³/mol. The molecule has 1 aromatic heterocycles. The number of fused-ring (bicyclic) bond motifs is 5. The number of ether oxygens (including phenoxy) is 1. The summed E-state index contributed by atoms with van der Waals surface area (Å²) >= 11 is 0. The van der Waals surface area contributed by atoms with Gasteiger partial charge in [0, 0.05) is 35.6 Å². The van der Waals surface area contributed by atoms with Crippen molar-refractivity contribution in [1.82, 2.24) is 14.8 Å². The Bertz CT molecular complexity index is 963. The first-order chi connectivity index (χ1) is 13.5. The van der Waals surface area contributed by atoms with Gasteiger partial charge in [0.1, 0.15) is 17.8 Å². The lowest BCUT2D eigenvalue weighted by Crippen LogP contribution is -2.65. The highest BCUT2D eigenvalue weighted by Crippen LogP contribution is 2.44. The zero-order valence-electron chi connectivity index (χ0n) is 16.7. The van der Waals surface area contributed by atoms with Crippen LogP contribution in [0, 0.1) is 5.92 Å². The summed E-state index contributed by atoms with van der Waals surface area (Å²) in [5, 5.41) is 1.13. The van der Waals surface area contributed by atoms with Gasteiger partial charge in [0.25, 0.3) is 0 Å². The van der Waals surface area contributed by atoms with E-state index >= 15 is 0 Å². The van der Waals surface area contributed by atoms with E-state index in [4.69, 9.17) is 4.74 Å². The number of benzene rings is 1. The average Bonchev–Trinajstić information content (AvgIpc) is 3.30. The summed E-state index contributed by atoms with van der Waals surface area (Å²) in [5.41, 5.74) is 3.29. The van der Waals surface area contributed by atoms with Crippen LogP contribution in [0.3, 0.4) is 0 Å². The Balaban J connectivity index is 1.66. The summed E-state index contributed by atoms with van der Waals surface area (Å²) in [7, 11) is 1.66. The molecule has 4 heterocycles. The first-order valence-corrected chi connectivity index (χ1v) is 10.3. The first-order valence-electron chi connectivity index (χ1n) is 10.3. The summed E-state index contributed by atoms with van der Waals surface area (Å²) in [6, 6.07) is 5.32. The molecule has 1 N–H and O–H groups in total. The number of amides is 2. The summed E-state index contributed by atoms with van der Waals surface area (Å²) in [6.45, 7) is 5.06. The molecule has 0 saturated carbocycles. The Morgan fingerprint density at radius 2 is 2.04 bits per heavy atom. The topological polar surface area (TPSA) is 65.6 Å². The maximum Gasteiger partial charge on any atom is 0.246 e. The Kier molecular flexibility index (Phi) is 3.93. The Morgan fingerprint density at radius 1 is 1.21 bits per heavy atom. The molecule has 3 aliphatic heterocycles. The molecule has 28 heavy (non-hydrogen) atoms. The van der Waals surface area contributed by atoms with Crippen molar-refractivity contribution in [3.05, 3.63) is 29.5 Å². The van der Waals surface area contributed by atoms with Crippen LogP contribution in [0.5, 0.6) is 5.75 Å². The van der Waals surface area contributed by atoms with Crippen molar-refractivity contribution in [3.8, 4) is 5.75 Å². The maximum absolute atomic E-state index is 13.4. The van der Waals surface area contributed by atoms with Crippen molar-refractivity contribution in [2.45, 2.75) is 57.7 Å². The molecule has 2 amide bonds. The second kappa shape index (κ2) is 6.26. The number of rotatable bonds is 3. The van der Waals surface area contributed by atoms with Crippen LogP contribution >= 0.6 is 0 Å². The molecule has 2 aromatic rings. The fraction of sp³-hybridized carbons (Fsp3) is 0.545. The minimum atomic E-state index is -0.376. The molecule has 0 aliphatic carbocycles. The third-order valence-electron chi connectivity index (χ3n) is 6.60. The number of H-pyrrole nitrogens is 1. The normalized spacial score (nSPS) is 26.6. The van der Waals surface area contributed by atoms with E-state index in [9.17, 15) is 9.59 Å². The lowest BCUT2D eigenvalue weighted by molar-refractivity contribution is -0.163. The molecule has 5 rings (SSSR count). The standard InChI is InChI=1S/C22H27N3O3/c1-12(2)9-18-20-15(14-7-6-13(28-3)10-16(14)23-20)11-19-21(26)24-8-4-5-17(24)22(27)25(18)19/h6-7,10,12,17-19,23H,4-5,8-9,11H2,1-3H3/t17-,18-,19-/m0/s1. The van der Waals surface area contributed by atoms with Crippen molar-refractivity contribution in [1.29, 1.82) is 0 Å². The van der Waals surface area contributed by atoms with Crippen LogP contribution < -0.4 is 4.74 Å². The van der Waals surface area contributed by atoms with Gasteiger partial charge in [-0.1, -0.05) is 13.8 Å². The first kappa shape index (κ1) is 17.6. The van der Waals surface area contributed by atoms with E-state index in [2.05, 4.69) is 24.9 Å².